The maximum atomic E-state index is 5.93. The van der Waals surface area contributed by atoms with E-state index >= 15 is 0 Å². The molecule has 0 aromatic carbocycles. The summed E-state index contributed by atoms with van der Waals surface area (Å²) in [6.07, 6.45) is 5.81. The lowest BCUT2D eigenvalue weighted by Crippen LogP contribution is -2.32. The Balaban J connectivity index is 1.85. The first-order valence-electron chi connectivity index (χ1n) is 6.62. The zero-order valence-electron chi connectivity index (χ0n) is 10.7. The molecule has 1 aromatic heterocycles. The molecule has 2 aliphatic rings. The molecule has 0 amide bonds. The smallest absolute Gasteiger partial charge is 0.234 e. The Hall–Kier alpha value is -0.900. The molecule has 3 rings (SSSR count). The van der Waals surface area contributed by atoms with Crippen molar-refractivity contribution in [1.29, 1.82) is 0 Å². The lowest BCUT2D eigenvalue weighted by molar-refractivity contribution is 0.283. The molecule has 0 aliphatic heterocycles. The van der Waals surface area contributed by atoms with Crippen LogP contribution < -0.4 is 5.73 Å². The molecule has 1 aromatic rings. The van der Waals surface area contributed by atoms with E-state index in [1.165, 1.54) is 19.3 Å². The predicted molar refractivity (Wildman–Crippen MR) is 64.6 cm³/mol. The van der Waals surface area contributed by atoms with Gasteiger partial charge in [-0.25, -0.2) is 0 Å². The first-order valence-corrected chi connectivity index (χ1v) is 6.62. The lowest BCUT2D eigenvalue weighted by Gasteiger charge is -2.21. The van der Waals surface area contributed by atoms with Crippen LogP contribution in [-0.2, 0) is 5.41 Å². The van der Waals surface area contributed by atoms with Crippen molar-refractivity contribution in [3.05, 3.63) is 11.7 Å². The van der Waals surface area contributed by atoms with E-state index < -0.39 is 0 Å². The Morgan fingerprint density at radius 2 is 2.00 bits per heavy atom. The van der Waals surface area contributed by atoms with E-state index in [1.807, 2.05) is 0 Å². The van der Waals surface area contributed by atoms with E-state index in [-0.39, 0.29) is 5.41 Å². The second-order valence-corrected chi connectivity index (χ2v) is 6.39. The highest BCUT2D eigenvalue weighted by molar-refractivity contribution is 5.17. The molecule has 1 unspecified atom stereocenters. The van der Waals surface area contributed by atoms with Gasteiger partial charge in [0.15, 0.2) is 5.82 Å². The number of aromatic nitrogens is 2. The Morgan fingerprint density at radius 3 is 2.53 bits per heavy atom. The summed E-state index contributed by atoms with van der Waals surface area (Å²) < 4.78 is 5.50. The van der Waals surface area contributed by atoms with E-state index in [9.17, 15) is 0 Å². The van der Waals surface area contributed by atoms with Crippen molar-refractivity contribution in [2.45, 2.75) is 57.3 Å². The number of rotatable bonds is 3. The number of hydrogen-bond donors (Lipinski definition) is 1. The standard InChI is InChI=1S/C13H21N3O/c1-12(2)7-9(12)10-15-11(17-16-10)13(8-14)5-3-4-6-13/h9H,3-8,14H2,1-2H3. The van der Waals surface area contributed by atoms with Gasteiger partial charge in [0.2, 0.25) is 5.89 Å². The molecule has 0 saturated heterocycles. The van der Waals surface area contributed by atoms with Crippen molar-refractivity contribution in [2.24, 2.45) is 11.1 Å². The summed E-state index contributed by atoms with van der Waals surface area (Å²) >= 11 is 0. The van der Waals surface area contributed by atoms with Crippen LogP contribution in [0.15, 0.2) is 4.52 Å². The van der Waals surface area contributed by atoms with Crippen LogP contribution in [0.3, 0.4) is 0 Å². The highest BCUT2D eigenvalue weighted by atomic mass is 16.5. The van der Waals surface area contributed by atoms with Crippen LogP contribution in [0, 0.1) is 5.41 Å². The Kier molecular flexibility index (Phi) is 2.34. The fraction of sp³-hybridized carbons (Fsp3) is 0.846. The molecule has 94 valence electrons. The summed E-state index contributed by atoms with van der Waals surface area (Å²) in [7, 11) is 0. The number of nitrogens with zero attached hydrogens (tertiary/aromatic N) is 2. The SMILES string of the molecule is CC1(C)CC1c1noc(C2(CN)CCCC2)n1. The third kappa shape index (κ3) is 1.69. The molecular weight excluding hydrogens is 214 g/mol. The lowest BCUT2D eigenvalue weighted by atomic mass is 9.86. The molecule has 1 atom stereocenters. The van der Waals surface area contributed by atoms with Crippen molar-refractivity contribution >= 4 is 0 Å². The average molecular weight is 235 g/mol. The Bertz CT molecular complexity index is 418. The minimum absolute atomic E-state index is 0.0235. The van der Waals surface area contributed by atoms with Gasteiger partial charge in [0.25, 0.3) is 0 Å². The van der Waals surface area contributed by atoms with Crippen LogP contribution in [-0.4, -0.2) is 16.7 Å². The van der Waals surface area contributed by atoms with E-state index in [4.69, 9.17) is 10.3 Å². The summed E-state index contributed by atoms with van der Waals surface area (Å²) in [5, 5.41) is 4.17. The van der Waals surface area contributed by atoms with Crippen molar-refractivity contribution in [1.82, 2.24) is 10.1 Å². The van der Waals surface area contributed by atoms with Crippen molar-refractivity contribution in [3.8, 4) is 0 Å². The molecule has 0 bridgehead atoms. The molecule has 2 saturated carbocycles. The molecule has 2 fully saturated rings. The Labute approximate surface area is 102 Å². The van der Waals surface area contributed by atoms with Gasteiger partial charge in [0, 0.05) is 12.5 Å². The van der Waals surface area contributed by atoms with Gasteiger partial charge in [-0.15, -0.1) is 0 Å². The highest BCUT2D eigenvalue weighted by Crippen LogP contribution is 2.57. The van der Waals surface area contributed by atoms with Gasteiger partial charge < -0.3 is 10.3 Å². The summed E-state index contributed by atoms with van der Waals surface area (Å²) in [6, 6.07) is 0. The van der Waals surface area contributed by atoms with Gasteiger partial charge in [-0.3, -0.25) is 0 Å². The monoisotopic (exact) mass is 235 g/mol. The molecule has 1 heterocycles. The topological polar surface area (TPSA) is 64.9 Å². The first kappa shape index (κ1) is 11.2. The molecular formula is C13H21N3O. The van der Waals surface area contributed by atoms with Gasteiger partial charge in [-0.05, 0) is 24.7 Å². The first-order chi connectivity index (χ1) is 8.07. The molecule has 17 heavy (non-hydrogen) atoms. The molecule has 2 aliphatic carbocycles. The molecule has 0 spiro atoms. The van der Waals surface area contributed by atoms with Gasteiger partial charge in [-0.1, -0.05) is 31.8 Å². The molecule has 4 heteroatoms. The third-order valence-corrected chi connectivity index (χ3v) is 4.67. The van der Waals surface area contributed by atoms with Gasteiger partial charge in [-0.2, -0.15) is 4.98 Å². The summed E-state index contributed by atoms with van der Waals surface area (Å²) in [5.74, 6) is 2.16. The second-order valence-electron chi connectivity index (χ2n) is 6.39. The zero-order chi connectivity index (χ0) is 12.1. The maximum absolute atomic E-state index is 5.93. The summed E-state index contributed by atoms with van der Waals surface area (Å²) in [4.78, 5) is 4.64. The fourth-order valence-electron chi connectivity index (χ4n) is 3.06. The van der Waals surface area contributed by atoms with Crippen LogP contribution in [0.1, 0.15) is 63.6 Å². The van der Waals surface area contributed by atoms with Gasteiger partial charge >= 0.3 is 0 Å². The van der Waals surface area contributed by atoms with Crippen molar-refractivity contribution in [2.75, 3.05) is 6.54 Å². The van der Waals surface area contributed by atoms with E-state index in [2.05, 4.69) is 24.0 Å². The average Bonchev–Trinajstić information content (AvgIpc) is 2.82. The minimum Gasteiger partial charge on any atom is -0.339 e. The number of nitrogens with two attached hydrogens (primary N) is 1. The van der Waals surface area contributed by atoms with Crippen LogP contribution in [0.4, 0.5) is 0 Å². The van der Waals surface area contributed by atoms with E-state index in [1.54, 1.807) is 0 Å². The van der Waals surface area contributed by atoms with E-state index in [0.717, 1.165) is 24.6 Å². The quantitative estimate of drug-likeness (QED) is 0.873. The van der Waals surface area contributed by atoms with Crippen LogP contribution in [0.5, 0.6) is 0 Å². The van der Waals surface area contributed by atoms with Crippen LogP contribution >= 0.6 is 0 Å². The predicted octanol–water partition coefficient (Wildman–Crippen LogP) is 2.35. The van der Waals surface area contributed by atoms with Gasteiger partial charge in [0.05, 0.1) is 5.41 Å². The third-order valence-electron chi connectivity index (χ3n) is 4.67. The minimum atomic E-state index is -0.0235. The summed E-state index contributed by atoms with van der Waals surface area (Å²) in [6.45, 7) is 5.13. The van der Waals surface area contributed by atoms with Crippen molar-refractivity contribution < 1.29 is 4.52 Å². The largest absolute Gasteiger partial charge is 0.339 e. The molecule has 0 radical (unpaired) electrons. The van der Waals surface area contributed by atoms with E-state index in [0.29, 0.717) is 17.9 Å². The highest BCUT2D eigenvalue weighted by Gasteiger charge is 2.50. The second kappa shape index (κ2) is 3.55. The Morgan fingerprint density at radius 1 is 1.35 bits per heavy atom. The van der Waals surface area contributed by atoms with Crippen molar-refractivity contribution in [3.63, 3.8) is 0 Å². The molecule has 4 nitrogen and oxygen atoms in total. The van der Waals surface area contributed by atoms with Crippen LogP contribution in [0.25, 0.3) is 0 Å². The summed E-state index contributed by atoms with van der Waals surface area (Å²) in [5.41, 5.74) is 6.26. The normalized spacial score (nSPS) is 29.5. The maximum Gasteiger partial charge on any atom is 0.234 e. The van der Waals surface area contributed by atoms with Gasteiger partial charge in [0.1, 0.15) is 0 Å². The molecule has 2 N–H and O–H groups in total. The fourth-order valence-corrected chi connectivity index (χ4v) is 3.06. The number of hydrogen-bond acceptors (Lipinski definition) is 4. The zero-order valence-corrected chi connectivity index (χ0v) is 10.7. The van der Waals surface area contributed by atoms with Crippen LogP contribution in [0.2, 0.25) is 0 Å².